The highest BCUT2D eigenvalue weighted by Gasteiger charge is 1.97. The number of hydrogen-bond donors (Lipinski definition) is 2. The normalized spacial score (nSPS) is 12.8. The summed E-state index contributed by atoms with van der Waals surface area (Å²) in [6, 6.07) is 8.90. The quantitative estimate of drug-likeness (QED) is 0.732. The van der Waals surface area contributed by atoms with Crippen LogP contribution in [0.3, 0.4) is 0 Å². The first-order valence-corrected chi connectivity index (χ1v) is 4.71. The smallest absolute Gasteiger partial charge is 0.0208 e. The number of rotatable bonds is 4. The zero-order chi connectivity index (χ0) is 9.68. The average molecular weight is 178 g/mol. The van der Waals surface area contributed by atoms with E-state index in [1.165, 1.54) is 11.1 Å². The number of hydrogen-bond acceptors (Lipinski definition) is 2. The third kappa shape index (κ3) is 3.57. The second kappa shape index (κ2) is 5.00. The van der Waals surface area contributed by atoms with Crippen molar-refractivity contribution in [1.29, 1.82) is 0 Å². The van der Waals surface area contributed by atoms with Gasteiger partial charge in [0, 0.05) is 19.1 Å². The highest BCUT2D eigenvalue weighted by atomic mass is 14.9. The highest BCUT2D eigenvalue weighted by molar-refractivity contribution is 5.21. The summed E-state index contributed by atoms with van der Waals surface area (Å²) in [6.45, 7) is 5.79. The molecule has 1 aromatic rings. The predicted octanol–water partition coefficient (Wildman–Crippen LogP) is 1.43. The Morgan fingerprint density at radius 3 is 2.85 bits per heavy atom. The van der Waals surface area contributed by atoms with Crippen molar-refractivity contribution in [2.45, 2.75) is 26.4 Å². The molecular weight excluding hydrogens is 160 g/mol. The van der Waals surface area contributed by atoms with Crippen molar-refractivity contribution in [3.63, 3.8) is 0 Å². The lowest BCUT2D eigenvalue weighted by Gasteiger charge is -2.11. The Balaban J connectivity index is 2.45. The molecule has 1 rings (SSSR count). The van der Waals surface area contributed by atoms with Crippen molar-refractivity contribution in [3.05, 3.63) is 35.4 Å². The first kappa shape index (κ1) is 10.2. The standard InChI is InChI=1S/C11H18N2/c1-9-4-3-5-11(6-9)8-13-10(2)7-12/h3-6,10,13H,7-8,12H2,1-2H3. The van der Waals surface area contributed by atoms with Gasteiger partial charge in [0.25, 0.3) is 0 Å². The molecule has 0 saturated heterocycles. The van der Waals surface area contributed by atoms with Crippen molar-refractivity contribution < 1.29 is 0 Å². The van der Waals surface area contributed by atoms with E-state index in [-0.39, 0.29) is 0 Å². The molecule has 0 aliphatic carbocycles. The Labute approximate surface area is 80.1 Å². The molecule has 0 heterocycles. The summed E-state index contributed by atoms with van der Waals surface area (Å²) in [5.41, 5.74) is 8.13. The van der Waals surface area contributed by atoms with Crippen LogP contribution in [0.2, 0.25) is 0 Å². The van der Waals surface area contributed by atoms with Crippen molar-refractivity contribution in [3.8, 4) is 0 Å². The minimum absolute atomic E-state index is 0.389. The van der Waals surface area contributed by atoms with E-state index in [4.69, 9.17) is 5.73 Å². The molecule has 0 amide bonds. The van der Waals surface area contributed by atoms with Gasteiger partial charge in [0.05, 0.1) is 0 Å². The Morgan fingerprint density at radius 1 is 1.46 bits per heavy atom. The minimum Gasteiger partial charge on any atom is -0.329 e. The summed E-state index contributed by atoms with van der Waals surface area (Å²) in [5.74, 6) is 0. The molecule has 3 N–H and O–H groups in total. The van der Waals surface area contributed by atoms with Gasteiger partial charge in [-0.3, -0.25) is 0 Å². The SMILES string of the molecule is Cc1cccc(CNC(C)CN)c1. The van der Waals surface area contributed by atoms with Crippen LogP contribution in [0.15, 0.2) is 24.3 Å². The lowest BCUT2D eigenvalue weighted by molar-refractivity contribution is 0.556. The fourth-order valence-electron chi connectivity index (χ4n) is 1.20. The molecule has 0 aromatic heterocycles. The van der Waals surface area contributed by atoms with Crippen LogP contribution in [0.25, 0.3) is 0 Å². The summed E-state index contributed by atoms with van der Waals surface area (Å²) >= 11 is 0. The van der Waals surface area contributed by atoms with Crippen LogP contribution < -0.4 is 11.1 Å². The molecule has 1 atom stereocenters. The summed E-state index contributed by atoms with van der Waals surface area (Å²) in [6.07, 6.45) is 0. The third-order valence-corrected chi connectivity index (χ3v) is 2.09. The summed E-state index contributed by atoms with van der Waals surface area (Å²) in [4.78, 5) is 0. The molecule has 13 heavy (non-hydrogen) atoms. The van der Waals surface area contributed by atoms with Gasteiger partial charge in [0.2, 0.25) is 0 Å². The van der Waals surface area contributed by atoms with E-state index >= 15 is 0 Å². The van der Waals surface area contributed by atoms with Gasteiger partial charge in [-0.2, -0.15) is 0 Å². The second-order valence-electron chi connectivity index (χ2n) is 3.51. The molecule has 0 saturated carbocycles. The average Bonchev–Trinajstić information content (AvgIpc) is 2.14. The van der Waals surface area contributed by atoms with Gasteiger partial charge in [-0.25, -0.2) is 0 Å². The van der Waals surface area contributed by atoms with Crippen LogP contribution >= 0.6 is 0 Å². The fraction of sp³-hybridized carbons (Fsp3) is 0.455. The van der Waals surface area contributed by atoms with Crippen LogP contribution in [0.5, 0.6) is 0 Å². The van der Waals surface area contributed by atoms with Crippen molar-refractivity contribution in [2.75, 3.05) is 6.54 Å². The van der Waals surface area contributed by atoms with E-state index in [1.807, 2.05) is 0 Å². The lowest BCUT2D eigenvalue weighted by Crippen LogP contribution is -2.32. The molecule has 0 aliphatic rings. The number of aryl methyl sites for hydroxylation is 1. The monoisotopic (exact) mass is 178 g/mol. The van der Waals surface area contributed by atoms with Gasteiger partial charge >= 0.3 is 0 Å². The van der Waals surface area contributed by atoms with Crippen LogP contribution in [0, 0.1) is 6.92 Å². The first-order chi connectivity index (χ1) is 6.22. The Kier molecular flexibility index (Phi) is 3.93. The van der Waals surface area contributed by atoms with Gasteiger partial charge in [-0.05, 0) is 19.4 Å². The molecular formula is C11H18N2. The molecule has 2 nitrogen and oxygen atoms in total. The minimum atomic E-state index is 0.389. The van der Waals surface area contributed by atoms with Crippen LogP contribution in [-0.4, -0.2) is 12.6 Å². The molecule has 2 heteroatoms. The molecule has 0 aliphatic heterocycles. The zero-order valence-corrected chi connectivity index (χ0v) is 8.38. The molecule has 0 fully saturated rings. The summed E-state index contributed by atoms with van der Waals surface area (Å²) in [5, 5.41) is 3.35. The highest BCUT2D eigenvalue weighted by Crippen LogP contribution is 2.03. The largest absolute Gasteiger partial charge is 0.329 e. The third-order valence-electron chi connectivity index (χ3n) is 2.09. The van der Waals surface area contributed by atoms with Gasteiger partial charge in [0.1, 0.15) is 0 Å². The van der Waals surface area contributed by atoms with E-state index in [2.05, 4.69) is 43.4 Å². The van der Waals surface area contributed by atoms with E-state index in [1.54, 1.807) is 0 Å². The maximum Gasteiger partial charge on any atom is 0.0208 e. The van der Waals surface area contributed by atoms with Crippen LogP contribution in [0.1, 0.15) is 18.1 Å². The maximum atomic E-state index is 5.50. The molecule has 72 valence electrons. The lowest BCUT2D eigenvalue weighted by atomic mass is 10.1. The molecule has 0 bridgehead atoms. The summed E-state index contributed by atoms with van der Waals surface area (Å²) in [7, 11) is 0. The Morgan fingerprint density at radius 2 is 2.23 bits per heavy atom. The van der Waals surface area contributed by atoms with E-state index in [9.17, 15) is 0 Å². The number of nitrogens with two attached hydrogens (primary N) is 1. The molecule has 0 radical (unpaired) electrons. The van der Waals surface area contributed by atoms with Gasteiger partial charge in [-0.15, -0.1) is 0 Å². The molecule has 1 aromatic carbocycles. The number of nitrogens with one attached hydrogen (secondary N) is 1. The zero-order valence-electron chi connectivity index (χ0n) is 8.38. The maximum absolute atomic E-state index is 5.50. The van der Waals surface area contributed by atoms with Crippen molar-refractivity contribution in [1.82, 2.24) is 5.32 Å². The predicted molar refractivity (Wildman–Crippen MR) is 56.5 cm³/mol. The summed E-state index contributed by atoms with van der Waals surface area (Å²) < 4.78 is 0. The Hall–Kier alpha value is -0.860. The molecule has 0 spiro atoms. The Bertz CT molecular complexity index is 258. The first-order valence-electron chi connectivity index (χ1n) is 4.71. The van der Waals surface area contributed by atoms with Gasteiger partial charge in [-0.1, -0.05) is 29.8 Å². The van der Waals surface area contributed by atoms with Gasteiger partial charge in [0.15, 0.2) is 0 Å². The number of benzene rings is 1. The van der Waals surface area contributed by atoms with Crippen molar-refractivity contribution >= 4 is 0 Å². The van der Waals surface area contributed by atoms with Crippen molar-refractivity contribution in [2.24, 2.45) is 5.73 Å². The fourth-order valence-corrected chi connectivity index (χ4v) is 1.20. The van der Waals surface area contributed by atoms with Gasteiger partial charge < -0.3 is 11.1 Å². The second-order valence-corrected chi connectivity index (χ2v) is 3.51. The van der Waals surface area contributed by atoms with Crippen LogP contribution in [-0.2, 0) is 6.54 Å². The van der Waals surface area contributed by atoms with E-state index in [0.29, 0.717) is 12.6 Å². The van der Waals surface area contributed by atoms with Crippen LogP contribution in [0.4, 0.5) is 0 Å². The topological polar surface area (TPSA) is 38.0 Å². The van der Waals surface area contributed by atoms with E-state index < -0.39 is 0 Å². The molecule has 1 unspecified atom stereocenters. The van der Waals surface area contributed by atoms with E-state index in [0.717, 1.165) is 6.54 Å².